The number of aliphatic hydroxyl groups excluding tert-OH is 1. The predicted molar refractivity (Wildman–Crippen MR) is 81.2 cm³/mol. The summed E-state index contributed by atoms with van der Waals surface area (Å²) in [5, 5.41) is 20.5. The summed E-state index contributed by atoms with van der Waals surface area (Å²) in [6.07, 6.45) is 0.971. The topological polar surface area (TPSA) is 82.1 Å². The number of rotatable bonds is 2. The minimum absolute atomic E-state index is 0.0162. The molecular weight excluding hydrogens is 280 g/mol. The second-order valence-electron chi connectivity index (χ2n) is 7.42. The largest absolute Gasteiger partial charge is 0.396 e. The molecule has 2 atom stereocenters. The predicted octanol–water partition coefficient (Wildman–Crippen LogP) is 1.44. The van der Waals surface area contributed by atoms with Gasteiger partial charge < -0.3 is 10.0 Å². The Morgan fingerprint density at radius 2 is 2.27 bits per heavy atom. The standard InChI is InChI=1S/C16H20N4O2/c1-15(2)7-16(9-21)8-20(6-12(15)16)14(22)10-4-3-5-11-13(10)18-19-17-11/h3-5,12,21H,6-9H2,1-2H3,(H,17,18,19)/t12-,16-/m1/s1. The number of H-pyrrole nitrogens is 1. The van der Waals surface area contributed by atoms with Gasteiger partial charge >= 0.3 is 0 Å². The van der Waals surface area contributed by atoms with Crippen LogP contribution in [0.4, 0.5) is 0 Å². The van der Waals surface area contributed by atoms with Gasteiger partial charge in [0.25, 0.3) is 5.91 Å². The van der Waals surface area contributed by atoms with Crippen molar-refractivity contribution in [2.75, 3.05) is 19.7 Å². The number of aromatic amines is 1. The lowest BCUT2D eigenvalue weighted by molar-refractivity contribution is -0.0976. The number of para-hydroxylation sites is 1. The minimum atomic E-state index is -0.114. The summed E-state index contributed by atoms with van der Waals surface area (Å²) < 4.78 is 0. The number of nitrogens with zero attached hydrogens (tertiary/aromatic N) is 3. The SMILES string of the molecule is CC1(C)C[C@]2(CO)CN(C(=O)c3cccc4n[nH]nc34)C[C@H]12. The number of hydrogen-bond acceptors (Lipinski definition) is 4. The number of aliphatic hydroxyl groups is 1. The summed E-state index contributed by atoms with van der Waals surface area (Å²) >= 11 is 0. The summed E-state index contributed by atoms with van der Waals surface area (Å²) in [4.78, 5) is 14.8. The first-order chi connectivity index (χ1) is 10.5. The van der Waals surface area contributed by atoms with Crippen LogP contribution in [0.15, 0.2) is 18.2 Å². The van der Waals surface area contributed by atoms with Gasteiger partial charge in [0.05, 0.1) is 12.2 Å². The average molecular weight is 300 g/mol. The molecular formula is C16H20N4O2. The van der Waals surface area contributed by atoms with Crippen LogP contribution in [0.1, 0.15) is 30.6 Å². The van der Waals surface area contributed by atoms with Crippen LogP contribution in [0, 0.1) is 16.7 Å². The molecule has 2 heterocycles. The zero-order valence-corrected chi connectivity index (χ0v) is 12.8. The molecule has 0 unspecified atom stereocenters. The Morgan fingerprint density at radius 3 is 2.95 bits per heavy atom. The summed E-state index contributed by atoms with van der Waals surface area (Å²) in [6.45, 7) is 5.93. The van der Waals surface area contributed by atoms with Crippen molar-refractivity contribution < 1.29 is 9.90 Å². The molecule has 4 rings (SSSR count). The molecule has 1 aromatic carbocycles. The van der Waals surface area contributed by atoms with Crippen molar-refractivity contribution in [2.45, 2.75) is 20.3 Å². The zero-order chi connectivity index (χ0) is 15.5. The third-order valence-corrected chi connectivity index (χ3v) is 5.58. The Bertz CT molecular complexity index is 753. The highest BCUT2D eigenvalue weighted by atomic mass is 16.3. The molecule has 1 saturated heterocycles. The van der Waals surface area contributed by atoms with E-state index < -0.39 is 0 Å². The minimum Gasteiger partial charge on any atom is -0.396 e. The number of benzene rings is 1. The van der Waals surface area contributed by atoms with E-state index in [1.165, 1.54) is 0 Å². The second kappa shape index (κ2) is 4.29. The van der Waals surface area contributed by atoms with Crippen molar-refractivity contribution in [2.24, 2.45) is 16.7 Å². The van der Waals surface area contributed by atoms with Crippen LogP contribution < -0.4 is 0 Å². The van der Waals surface area contributed by atoms with Crippen LogP contribution >= 0.6 is 0 Å². The Balaban J connectivity index is 1.66. The lowest BCUT2D eigenvalue weighted by Crippen LogP contribution is -2.54. The van der Waals surface area contributed by atoms with Crippen molar-refractivity contribution in [3.8, 4) is 0 Å². The maximum absolute atomic E-state index is 12.9. The Morgan fingerprint density at radius 1 is 1.45 bits per heavy atom. The van der Waals surface area contributed by atoms with Gasteiger partial charge in [0.2, 0.25) is 0 Å². The molecule has 6 nitrogen and oxygen atoms in total. The van der Waals surface area contributed by atoms with Gasteiger partial charge in [0.15, 0.2) is 0 Å². The first kappa shape index (κ1) is 13.7. The van der Waals surface area contributed by atoms with E-state index in [9.17, 15) is 9.90 Å². The molecule has 0 bridgehead atoms. The monoisotopic (exact) mass is 300 g/mol. The van der Waals surface area contributed by atoms with Crippen molar-refractivity contribution in [3.63, 3.8) is 0 Å². The van der Waals surface area contributed by atoms with Gasteiger partial charge in [-0.25, -0.2) is 0 Å². The molecule has 1 amide bonds. The third-order valence-electron chi connectivity index (χ3n) is 5.58. The van der Waals surface area contributed by atoms with Gasteiger partial charge in [0, 0.05) is 18.5 Å². The fourth-order valence-electron chi connectivity index (χ4n) is 4.71. The number of aromatic nitrogens is 3. The Kier molecular flexibility index (Phi) is 2.67. The number of nitrogens with one attached hydrogen (secondary N) is 1. The molecule has 1 saturated carbocycles. The molecule has 1 aromatic heterocycles. The van der Waals surface area contributed by atoms with E-state index in [0.717, 1.165) is 6.42 Å². The molecule has 2 fully saturated rings. The third kappa shape index (κ3) is 1.67. The van der Waals surface area contributed by atoms with Crippen LogP contribution in [0.25, 0.3) is 11.0 Å². The van der Waals surface area contributed by atoms with Crippen molar-refractivity contribution in [1.82, 2.24) is 20.3 Å². The van der Waals surface area contributed by atoms with Gasteiger partial charge in [-0.1, -0.05) is 19.9 Å². The Labute approximate surface area is 128 Å². The zero-order valence-electron chi connectivity index (χ0n) is 12.8. The van der Waals surface area contributed by atoms with E-state index in [2.05, 4.69) is 29.3 Å². The fraction of sp³-hybridized carbons (Fsp3) is 0.562. The molecule has 2 aliphatic rings. The molecule has 116 valence electrons. The highest BCUT2D eigenvalue weighted by Gasteiger charge is 2.63. The van der Waals surface area contributed by atoms with Crippen LogP contribution in [0.2, 0.25) is 0 Å². The molecule has 0 spiro atoms. The van der Waals surface area contributed by atoms with E-state index in [4.69, 9.17) is 0 Å². The molecule has 0 radical (unpaired) electrons. The van der Waals surface area contributed by atoms with Gasteiger partial charge in [-0.2, -0.15) is 15.4 Å². The first-order valence-electron chi connectivity index (χ1n) is 7.66. The van der Waals surface area contributed by atoms with E-state index in [1.807, 2.05) is 17.0 Å². The van der Waals surface area contributed by atoms with E-state index >= 15 is 0 Å². The number of hydrogen-bond donors (Lipinski definition) is 2. The maximum atomic E-state index is 12.9. The van der Waals surface area contributed by atoms with Gasteiger partial charge in [-0.15, -0.1) is 0 Å². The number of likely N-dealkylation sites (tertiary alicyclic amines) is 1. The molecule has 2 aromatic rings. The number of fused-ring (bicyclic) bond motifs is 2. The van der Waals surface area contributed by atoms with Gasteiger partial charge in [-0.05, 0) is 29.9 Å². The maximum Gasteiger partial charge on any atom is 0.256 e. The molecule has 6 heteroatoms. The van der Waals surface area contributed by atoms with Gasteiger partial charge in [-0.3, -0.25) is 4.79 Å². The molecule has 2 N–H and O–H groups in total. The highest BCUT2D eigenvalue weighted by molar-refractivity contribution is 6.04. The average Bonchev–Trinajstić information content (AvgIpc) is 3.08. The number of carbonyl (C=O) groups is 1. The van der Waals surface area contributed by atoms with E-state index in [0.29, 0.717) is 35.6 Å². The smallest absolute Gasteiger partial charge is 0.256 e. The summed E-state index contributed by atoms with van der Waals surface area (Å²) in [6, 6.07) is 5.46. The number of carbonyl (C=O) groups excluding carboxylic acids is 1. The quantitative estimate of drug-likeness (QED) is 0.879. The summed E-state index contributed by atoms with van der Waals surface area (Å²) in [5.74, 6) is 0.350. The van der Waals surface area contributed by atoms with Gasteiger partial charge in [0.1, 0.15) is 11.0 Å². The van der Waals surface area contributed by atoms with Crippen LogP contribution in [-0.2, 0) is 0 Å². The summed E-state index contributed by atoms with van der Waals surface area (Å²) in [7, 11) is 0. The molecule has 1 aliphatic heterocycles. The van der Waals surface area contributed by atoms with E-state index in [-0.39, 0.29) is 23.3 Å². The lowest BCUT2D eigenvalue weighted by Gasteiger charge is -2.55. The van der Waals surface area contributed by atoms with Crippen LogP contribution in [0.3, 0.4) is 0 Å². The highest BCUT2D eigenvalue weighted by Crippen LogP contribution is 2.62. The summed E-state index contributed by atoms with van der Waals surface area (Å²) in [5.41, 5.74) is 1.97. The van der Waals surface area contributed by atoms with E-state index in [1.54, 1.807) is 6.07 Å². The van der Waals surface area contributed by atoms with Crippen molar-refractivity contribution >= 4 is 16.9 Å². The fourth-order valence-corrected chi connectivity index (χ4v) is 4.71. The second-order valence-corrected chi connectivity index (χ2v) is 7.42. The Hall–Kier alpha value is -1.95. The van der Waals surface area contributed by atoms with Crippen molar-refractivity contribution in [1.29, 1.82) is 0 Å². The lowest BCUT2D eigenvalue weighted by atomic mass is 9.48. The van der Waals surface area contributed by atoms with Crippen molar-refractivity contribution in [3.05, 3.63) is 23.8 Å². The molecule has 1 aliphatic carbocycles. The van der Waals surface area contributed by atoms with Crippen LogP contribution in [0.5, 0.6) is 0 Å². The van der Waals surface area contributed by atoms with Crippen LogP contribution in [-0.4, -0.2) is 51.0 Å². The normalized spacial score (nSPS) is 29.4. The first-order valence-corrected chi connectivity index (χ1v) is 7.66. The molecule has 22 heavy (non-hydrogen) atoms. The number of amides is 1.